The fourth-order valence-corrected chi connectivity index (χ4v) is 3.41. The fraction of sp³-hybridized carbons (Fsp3) is 0.286. The first kappa shape index (κ1) is 22.5. The van der Waals surface area contributed by atoms with Gasteiger partial charge in [0.15, 0.2) is 0 Å². The lowest BCUT2D eigenvalue weighted by Crippen LogP contribution is -2.47. The molecule has 31 heavy (non-hydrogen) atoms. The number of aromatic carboxylic acids is 1. The predicted molar refractivity (Wildman–Crippen MR) is 111 cm³/mol. The highest BCUT2D eigenvalue weighted by atomic mass is 35.5. The standard InChI is InChI=1S/C21H20ClF2N3O4/c1-11(12-6-8-13(9-7-12)21(29)30)25-19(28)16-17(18(23)24)26-27(2)20(16)31-15-5-3-4-14(22)10-15/h3-11,16,18,20H,1-2H3,(H,25,28)(H,29,30)/t11-,16?,20?/m0/s1. The van der Waals surface area contributed by atoms with Crippen molar-refractivity contribution in [2.45, 2.75) is 25.6 Å². The van der Waals surface area contributed by atoms with E-state index in [1.165, 1.54) is 30.3 Å². The minimum Gasteiger partial charge on any atom is -0.478 e. The fourth-order valence-electron chi connectivity index (χ4n) is 3.23. The minimum atomic E-state index is -2.95. The van der Waals surface area contributed by atoms with Gasteiger partial charge in [-0.25, -0.2) is 13.6 Å². The molecule has 0 radical (unpaired) electrons. The number of carboxylic acids is 1. The molecule has 2 N–H and O–H groups in total. The molecule has 1 aliphatic rings. The third kappa shape index (κ3) is 5.11. The zero-order valence-corrected chi connectivity index (χ0v) is 17.4. The van der Waals surface area contributed by atoms with Crippen molar-refractivity contribution < 1.29 is 28.2 Å². The summed E-state index contributed by atoms with van der Waals surface area (Å²) in [5, 5.41) is 17.1. The quantitative estimate of drug-likeness (QED) is 0.668. The summed E-state index contributed by atoms with van der Waals surface area (Å²) in [5.74, 6) is -2.81. The molecule has 10 heteroatoms. The minimum absolute atomic E-state index is 0.0989. The van der Waals surface area contributed by atoms with Crippen LogP contribution in [0.25, 0.3) is 0 Å². The van der Waals surface area contributed by atoms with Crippen molar-refractivity contribution in [2.24, 2.45) is 11.0 Å². The lowest BCUT2D eigenvalue weighted by atomic mass is 9.99. The van der Waals surface area contributed by atoms with Crippen LogP contribution in [0.3, 0.4) is 0 Å². The molecule has 7 nitrogen and oxygen atoms in total. The molecular weight excluding hydrogens is 432 g/mol. The molecule has 3 rings (SSSR count). The van der Waals surface area contributed by atoms with Gasteiger partial charge in [-0.2, -0.15) is 5.10 Å². The second kappa shape index (κ2) is 9.30. The SMILES string of the molecule is C[C@H](NC(=O)C1C(C(F)F)=NN(C)C1Oc1cccc(Cl)c1)c1ccc(C(=O)O)cc1. The number of nitrogens with zero attached hydrogens (tertiary/aromatic N) is 2. The molecule has 3 atom stereocenters. The van der Waals surface area contributed by atoms with Gasteiger partial charge in [-0.1, -0.05) is 29.8 Å². The number of rotatable bonds is 7. The number of hydrazone groups is 1. The van der Waals surface area contributed by atoms with Crippen LogP contribution in [0.4, 0.5) is 8.78 Å². The molecule has 1 amide bonds. The van der Waals surface area contributed by atoms with Crippen molar-refractivity contribution >= 4 is 29.2 Å². The van der Waals surface area contributed by atoms with E-state index in [0.717, 1.165) is 0 Å². The first-order chi connectivity index (χ1) is 14.7. The highest BCUT2D eigenvalue weighted by molar-refractivity contribution is 6.30. The van der Waals surface area contributed by atoms with Crippen LogP contribution in [0.5, 0.6) is 5.75 Å². The molecule has 2 unspecified atom stereocenters. The number of carbonyl (C=O) groups is 2. The van der Waals surface area contributed by atoms with Gasteiger partial charge >= 0.3 is 5.97 Å². The van der Waals surface area contributed by atoms with Crippen LogP contribution in [0.2, 0.25) is 5.02 Å². The van der Waals surface area contributed by atoms with Crippen LogP contribution in [0.1, 0.15) is 28.9 Å². The molecule has 1 heterocycles. The molecule has 0 saturated carbocycles. The van der Waals surface area contributed by atoms with E-state index in [4.69, 9.17) is 21.4 Å². The van der Waals surface area contributed by atoms with Gasteiger partial charge in [-0.05, 0) is 42.8 Å². The number of amides is 1. The number of alkyl halides is 2. The Morgan fingerprint density at radius 2 is 1.90 bits per heavy atom. The van der Waals surface area contributed by atoms with Crippen LogP contribution in [-0.4, -0.2) is 47.4 Å². The largest absolute Gasteiger partial charge is 0.478 e. The normalized spacial score (nSPS) is 19.2. The summed E-state index contributed by atoms with van der Waals surface area (Å²) in [6, 6.07) is 11.7. The summed E-state index contributed by atoms with van der Waals surface area (Å²) in [6.07, 6.45) is -4.04. The Kier molecular flexibility index (Phi) is 6.74. The van der Waals surface area contributed by atoms with Gasteiger partial charge in [0.25, 0.3) is 6.43 Å². The average molecular weight is 452 g/mol. The average Bonchev–Trinajstić information content (AvgIpc) is 3.04. The zero-order valence-electron chi connectivity index (χ0n) is 16.6. The van der Waals surface area contributed by atoms with Crippen molar-refractivity contribution in [1.29, 1.82) is 0 Å². The number of carbonyl (C=O) groups excluding carboxylic acids is 1. The van der Waals surface area contributed by atoms with Crippen LogP contribution >= 0.6 is 11.6 Å². The highest BCUT2D eigenvalue weighted by Gasteiger charge is 2.46. The van der Waals surface area contributed by atoms with Crippen LogP contribution in [0, 0.1) is 5.92 Å². The van der Waals surface area contributed by atoms with Crippen molar-refractivity contribution in [3.05, 3.63) is 64.7 Å². The van der Waals surface area contributed by atoms with Gasteiger partial charge in [0, 0.05) is 12.1 Å². The zero-order chi connectivity index (χ0) is 22.7. The number of hydrogen-bond acceptors (Lipinski definition) is 5. The number of hydrogen-bond donors (Lipinski definition) is 2. The third-order valence-electron chi connectivity index (χ3n) is 4.82. The second-order valence-electron chi connectivity index (χ2n) is 7.00. The maximum Gasteiger partial charge on any atom is 0.335 e. The molecule has 2 aromatic carbocycles. The van der Waals surface area contributed by atoms with Gasteiger partial charge in [-0.3, -0.25) is 9.80 Å². The van der Waals surface area contributed by atoms with Crippen LogP contribution in [0.15, 0.2) is 53.6 Å². The van der Waals surface area contributed by atoms with Gasteiger partial charge in [-0.15, -0.1) is 0 Å². The summed E-state index contributed by atoms with van der Waals surface area (Å²) >= 11 is 5.95. The van der Waals surface area contributed by atoms with Gasteiger partial charge in [0.2, 0.25) is 12.1 Å². The number of nitrogens with one attached hydrogen (secondary N) is 1. The maximum absolute atomic E-state index is 13.6. The van der Waals surface area contributed by atoms with E-state index >= 15 is 0 Å². The van der Waals surface area contributed by atoms with Gasteiger partial charge in [0.05, 0.1) is 11.6 Å². The van der Waals surface area contributed by atoms with E-state index in [1.54, 1.807) is 37.3 Å². The second-order valence-corrected chi connectivity index (χ2v) is 7.44. The Morgan fingerprint density at radius 3 is 2.48 bits per heavy atom. The Hall–Kier alpha value is -3.20. The Bertz CT molecular complexity index is 1000. The van der Waals surface area contributed by atoms with Crippen molar-refractivity contribution in [2.75, 3.05) is 7.05 Å². The summed E-state index contributed by atoms with van der Waals surface area (Å²) in [4.78, 5) is 24.0. The summed E-state index contributed by atoms with van der Waals surface area (Å²) in [5.41, 5.74) is 0.120. The Labute approximate surface area is 182 Å². The van der Waals surface area contributed by atoms with E-state index in [2.05, 4.69) is 10.4 Å². The third-order valence-corrected chi connectivity index (χ3v) is 5.06. The van der Waals surface area contributed by atoms with Crippen molar-refractivity contribution in [3.8, 4) is 5.75 Å². The van der Waals surface area contributed by atoms with Gasteiger partial charge < -0.3 is 15.2 Å². The molecule has 0 aromatic heterocycles. The van der Waals surface area contributed by atoms with E-state index in [1.807, 2.05) is 0 Å². The molecule has 0 saturated heterocycles. The molecule has 2 aromatic rings. The molecule has 0 fully saturated rings. The van der Waals surface area contributed by atoms with Crippen LogP contribution in [-0.2, 0) is 4.79 Å². The highest BCUT2D eigenvalue weighted by Crippen LogP contribution is 2.29. The lowest BCUT2D eigenvalue weighted by molar-refractivity contribution is -0.128. The predicted octanol–water partition coefficient (Wildman–Crippen LogP) is 3.80. The first-order valence-electron chi connectivity index (χ1n) is 9.32. The maximum atomic E-state index is 13.6. The monoisotopic (exact) mass is 451 g/mol. The Morgan fingerprint density at radius 1 is 1.23 bits per heavy atom. The molecule has 164 valence electrons. The summed E-state index contributed by atoms with van der Waals surface area (Å²) in [7, 11) is 1.44. The number of ether oxygens (including phenoxy) is 1. The summed E-state index contributed by atoms with van der Waals surface area (Å²) in [6.45, 7) is 1.67. The van der Waals surface area contributed by atoms with Crippen LogP contribution < -0.4 is 10.1 Å². The molecular formula is C21H20ClF2N3O4. The topological polar surface area (TPSA) is 91.2 Å². The van der Waals surface area contributed by atoms with E-state index in [9.17, 15) is 18.4 Å². The first-order valence-corrected chi connectivity index (χ1v) is 9.70. The molecule has 0 spiro atoms. The molecule has 0 bridgehead atoms. The molecule has 0 aliphatic carbocycles. The van der Waals surface area contributed by atoms with E-state index in [0.29, 0.717) is 16.3 Å². The number of benzene rings is 2. The van der Waals surface area contributed by atoms with Crippen molar-refractivity contribution in [3.63, 3.8) is 0 Å². The molecule has 1 aliphatic heterocycles. The van der Waals surface area contributed by atoms with Crippen molar-refractivity contribution in [1.82, 2.24) is 10.3 Å². The smallest absolute Gasteiger partial charge is 0.335 e. The Balaban J connectivity index is 1.80. The number of halogens is 3. The number of carboxylic acid groups (broad SMARTS) is 1. The van der Waals surface area contributed by atoms with E-state index in [-0.39, 0.29) is 5.56 Å². The summed E-state index contributed by atoms with van der Waals surface area (Å²) < 4.78 is 33.0. The lowest BCUT2D eigenvalue weighted by Gasteiger charge is -2.27. The van der Waals surface area contributed by atoms with E-state index < -0.39 is 42.2 Å². The van der Waals surface area contributed by atoms with Gasteiger partial charge in [0.1, 0.15) is 17.4 Å².